The van der Waals surface area contributed by atoms with E-state index >= 15 is 0 Å². The summed E-state index contributed by atoms with van der Waals surface area (Å²) < 4.78 is 5.39. The molecule has 2 aromatic heterocycles. The molecule has 0 saturated heterocycles. The summed E-state index contributed by atoms with van der Waals surface area (Å²) in [5.74, 6) is 0.488. The number of aromatic amines is 1. The monoisotopic (exact) mass is 191 g/mol. The van der Waals surface area contributed by atoms with Crippen LogP contribution >= 0.6 is 0 Å². The number of hydrogen-bond donors (Lipinski definition) is 2. The van der Waals surface area contributed by atoms with Crippen LogP contribution in [-0.2, 0) is 0 Å². The smallest absolute Gasteiger partial charge is 0.315 e. The van der Waals surface area contributed by atoms with Crippen LogP contribution in [0.2, 0.25) is 0 Å². The maximum absolute atomic E-state index is 5.39. The number of nitrogens with zero attached hydrogens (tertiary/aromatic N) is 3. The van der Waals surface area contributed by atoms with Crippen molar-refractivity contribution in [2.24, 2.45) is 0 Å². The van der Waals surface area contributed by atoms with Crippen molar-refractivity contribution < 1.29 is 4.42 Å². The van der Waals surface area contributed by atoms with E-state index in [1.165, 1.54) is 12.8 Å². The second-order valence-electron chi connectivity index (χ2n) is 3.32. The summed E-state index contributed by atoms with van der Waals surface area (Å²) >= 11 is 0. The molecule has 2 N–H and O–H groups in total. The summed E-state index contributed by atoms with van der Waals surface area (Å²) in [4.78, 5) is 0. The fraction of sp³-hybridized carbons (Fsp3) is 0.375. The van der Waals surface area contributed by atoms with Gasteiger partial charge in [-0.1, -0.05) is 5.10 Å². The van der Waals surface area contributed by atoms with Gasteiger partial charge in [-0.15, -0.1) is 5.10 Å². The first kappa shape index (κ1) is 7.54. The van der Waals surface area contributed by atoms with Crippen molar-refractivity contribution >= 4 is 6.01 Å². The maximum Gasteiger partial charge on any atom is 0.315 e. The van der Waals surface area contributed by atoms with Crippen LogP contribution in [-0.4, -0.2) is 26.4 Å². The minimum atomic E-state index is 0.488. The van der Waals surface area contributed by atoms with Gasteiger partial charge in [0.1, 0.15) is 0 Å². The lowest BCUT2D eigenvalue weighted by atomic mass is 10.4. The van der Waals surface area contributed by atoms with Gasteiger partial charge in [-0.2, -0.15) is 5.10 Å². The molecule has 0 amide bonds. The minimum Gasteiger partial charge on any atom is -0.403 e. The number of nitrogens with one attached hydrogen (secondary N) is 2. The molecule has 3 rings (SSSR count). The second-order valence-corrected chi connectivity index (χ2v) is 3.32. The molecule has 0 radical (unpaired) electrons. The fourth-order valence-electron chi connectivity index (χ4n) is 1.17. The van der Waals surface area contributed by atoms with E-state index in [1.54, 1.807) is 12.4 Å². The summed E-state index contributed by atoms with van der Waals surface area (Å²) in [5, 5.41) is 17.4. The Morgan fingerprint density at radius 2 is 2.36 bits per heavy atom. The summed E-state index contributed by atoms with van der Waals surface area (Å²) in [6.07, 6.45) is 5.73. The summed E-state index contributed by atoms with van der Waals surface area (Å²) in [6.45, 7) is 0. The van der Waals surface area contributed by atoms with E-state index in [2.05, 4.69) is 25.7 Å². The molecule has 1 aliphatic rings. The Bertz CT molecular complexity index is 417. The Hall–Kier alpha value is -1.85. The van der Waals surface area contributed by atoms with Gasteiger partial charge in [-0.3, -0.25) is 5.10 Å². The van der Waals surface area contributed by atoms with Crippen molar-refractivity contribution in [1.82, 2.24) is 20.4 Å². The highest BCUT2D eigenvalue weighted by molar-refractivity contribution is 5.50. The lowest BCUT2D eigenvalue weighted by molar-refractivity contribution is 0.580. The molecule has 72 valence electrons. The molecule has 1 aliphatic carbocycles. The zero-order valence-electron chi connectivity index (χ0n) is 7.40. The molecular formula is C8H9N5O. The van der Waals surface area contributed by atoms with Gasteiger partial charge >= 0.3 is 6.01 Å². The van der Waals surface area contributed by atoms with Crippen molar-refractivity contribution in [1.29, 1.82) is 0 Å². The topological polar surface area (TPSA) is 79.6 Å². The number of rotatable bonds is 3. The second kappa shape index (κ2) is 2.83. The third kappa shape index (κ3) is 1.34. The van der Waals surface area contributed by atoms with Crippen molar-refractivity contribution in [3.8, 4) is 11.5 Å². The Balaban J connectivity index is 1.82. The zero-order valence-corrected chi connectivity index (χ0v) is 7.40. The van der Waals surface area contributed by atoms with E-state index in [-0.39, 0.29) is 0 Å². The number of aromatic nitrogens is 4. The Morgan fingerprint density at radius 1 is 1.43 bits per heavy atom. The average Bonchev–Trinajstić information content (AvgIpc) is 2.71. The molecule has 0 spiro atoms. The van der Waals surface area contributed by atoms with E-state index in [0.29, 0.717) is 17.9 Å². The van der Waals surface area contributed by atoms with Crippen LogP contribution < -0.4 is 5.32 Å². The Morgan fingerprint density at radius 3 is 3.07 bits per heavy atom. The standard InChI is InChI=1S/C8H9N5O/c1-2-6(1)11-8-13-12-7(14-8)5-3-9-10-4-5/h3-4,6H,1-2H2,(H,9,10)(H,11,13). The average molecular weight is 191 g/mol. The van der Waals surface area contributed by atoms with E-state index in [9.17, 15) is 0 Å². The van der Waals surface area contributed by atoms with Crippen LogP contribution in [0, 0.1) is 0 Å². The largest absolute Gasteiger partial charge is 0.403 e. The van der Waals surface area contributed by atoms with Crippen LogP contribution in [0.4, 0.5) is 6.01 Å². The first-order valence-electron chi connectivity index (χ1n) is 4.51. The molecule has 0 bridgehead atoms. The van der Waals surface area contributed by atoms with Crippen LogP contribution in [0.25, 0.3) is 11.5 Å². The minimum absolute atomic E-state index is 0.488. The molecule has 6 heteroatoms. The lowest BCUT2D eigenvalue weighted by Crippen LogP contribution is -2.00. The molecule has 1 fully saturated rings. The maximum atomic E-state index is 5.39. The molecule has 0 aliphatic heterocycles. The lowest BCUT2D eigenvalue weighted by Gasteiger charge is -1.93. The van der Waals surface area contributed by atoms with Gasteiger partial charge in [0.05, 0.1) is 11.8 Å². The van der Waals surface area contributed by atoms with Gasteiger partial charge in [0.15, 0.2) is 0 Å². The van der Waals surface area contributed by atoms with E-state index in [0.717, 1.165) is 5.56 Å². The van der Waals surface area contributed by atoms with Gasteiger partial charge in [0.25, 0.3) is 5.89 Å². The summed E-state index contributed by atoms with van der Waals surface area (Å²) in [5.41, 5.74) is 0.807. The van der Waals surface area contributed by atoms with Crippen LogP contribution in [0.5, 0.6) is 0 Å². The summed E-state index contributed by atoms with van der Waals surface area (Å²) in [6, 6.07) is 1.01. The Kier molecular flexibility index (Phi) is 1.52. The van der Waals surface area contributed by atoms with Gasteiger partial charge < -0.3 is 9.73 Å². The molecule has 0 unspecified atom stereocenters. The molecule has 0 atom stereocenters. The molecule has 0 aromatic carbocycles. The van der Waals surface area contributed by atoms with E-state index in [4.69, 9.17) is 4.42 Å². The molecule has 2 aromatic rings. The zero-order chi connectivity index (χ0) is 9.38. The van der Waals surface area contributed by atoms with Crippen molar-refractivity contribution in [3.63, 3.8) is 0 Å². The number of anilines is 1. The van der Waals surface area contributed by atoms with Crippen LogP contribution in [0.1, 0.15) is 12.8 Å². The highest BCUT2D eigenvalue weighted by Crippen LogP contribution is 2.25. The van der Waals surface area contributed by atoms with Crippen LogP contribution in [0.3, 0.4) is 0 Å². The molecule has 2 heterocycles. The molecule has 1 saturated carbocycles. The van der Waals surface area contributed by atoms with E-state index in [1.807, 2.05) is 0 Å². The van der Waals surface area contributed by atoms with Gasteiger partial charge in [-0.05, 0) is 12.8 Å². The predicted molar refractivity (Wildman–Crippen MR) is 48.5 cm³/mol. The quantitative estimate of drug-likeness (QED) is 0.757. The SMILES string of the molecule is c1n[nH]cc1-c1nnc(NC2CC2)o1. The first-order chi connectivity index (χ1) is 6.92. The highest BCUT2D eigenvalue weighted by Gasteiger charge is 2.23. The summed E-state index contributed by atoms with van der Waals surface area (Å²) in [7, 11) is 0. The molecular weight excluding hydrogens is 182 g/mol. The third-order valence-electron chi connectivity index (χ3n) is 2.08. The molecule has 14 heavy (non-hydrogen) atoms. The van der Waals surface area contributed by atoms with Crippen molar-refractivity contribution in [2.45, 2.75) is 18.9 Å². The number of H-pyrrole nitrogens is 1. The molecule has 6 nitrogen and oxygen atoms in total. The Labute approximate surface area is 79.7 Å². The highest BCUT2D eigenvalue weighted by atomic mass is 16.4. The van der Waals surface area contributed by atoms with Gasteiger partial charge in [0, 0.05) is 12.2 Å². The van der Waals surface area contributed by atoms with Gasteiger partial charge in [0.2, 0.25) is 0 Å². The normalized spacial score (nSPS) is 15.7. The predicted octanol–water partition coefficient (Wildman–Crippen LogP) is 1.03. The third-order valence-corrected chi connectivity index (χ3v) is 2.08. The fourth-order valence-corrected chi connectivity index (χ4v) is 1.17. The first-order valence-corrected chi connectivity index (χ1v) is 4.51. The van der Waals surface area contributed by atoms with Crippen LogP contribution in [0.15, 0.2) is 16.8 Å². The van der Waals surface area contributed by atoms with Crippen molar-refractivity contribution in [3.05, 3.63) is 12.4 Å². The van der Waals surface area contributed by atoms with E-state index < -0.39 is 0 Å². The van der Waals surface area contributed by atoms with Gasteiger partial charge in [-0.25, -0.2) is 0 Å². The van der Waals surface area contributed by atoms with Crippen molar-refractivity contribution in [2.75, 3.05) is 5.32 Å². The number of hydrogen-bond acceptors (Lipinski definition) is 5.